The molecule has 0 heterocycles. The molecular weight excluding hydrogens is 170 g/mol. The Morgan fingerprint density at radius 3 is 2.64 bits per heavy atom. The van der Waals surface area contributed by atoms with E-state index in [0.717, 1.165) is 12.8 Å². The molecule has 2 N–H and O–H groups in total. The van der Waals surface area contributed by atoms with Gasteiger partial charge in [0.2, 0.25) is 0 Å². The van der Waals surface area contributed by atoms with Crippen LogP contribution in [0.15, 0.2) is 0 Å². The molecule has 0 atom stereocenters. The minimum Gasteiger partial charge on any atom is -0.312 e. The summed E-state index contributed by atoms with van der Waals surface area (Å²) in [6.07, 6.45) is 2.29. The third kappa shape index (κ3) is 5.14. The molecule has 0 aromatic carbocycles. The second kappa shape index (κ2) is 3.48. The Morgan fingerprint density at radius 2 is 2.18 bits per heavy atom. The van der Waals surface area contributed by atoms with Crippen molar-refractivity contribution < 1.29 is 17.2 Å². The van der Waals surface area contributed by atoms with Crippen LogP contribution in [0, 0.1) is 0 Å². The normalized spacial score (nSPS) is 18.6. The fourth-order valence-electron chi connectivity index (χ4n) is 0.697. The molecule has 0 aliphatic heterocycles. The Labute approximate surface area is 65.7 Å². The van der Waals surface area contributed by atoms with Crippen molar-refractivity contribution in [2.45, 2.75) is 18.9 Å². The van der Waals surface area contributed by atoms with Gasteiger partial charge in [-0.05, 0) is 12.8 Å². The van der Waals surface area contributed by atoms with Crippen molar-refractivity contribution in [1.82, 2.24) is 5.32 Å². The average molecular weight is 181 g/mol. The third-order valence-corrected chi connectivity index (χ3v) is 1.81. The van der Waals surface area contributed by atoms with E-state index >= 15 is 0 Å². The van der Waals surface area contributed by atoms with Gasteiger partial charge in [-0.15, -0.1) is 0 Å². The Morgan fingerprint density at radius 1 is 1.55 bits per heavy atom. The molecule has 11 heavy (non-hydrogen) atoms. The number of hydrogen-bond acceptors (Lipinski definition) is 4. The van der Waals surface area contributed by atoms with Crippen molar-refractivity contribution in [3.63, 3.8) is 0 Å². The van der Waals surface area contributed by atoms with Gasteiger partial charge in [0.1, 0.15) is 0 Å². The van der Waals surface area contributed by atoms with Crippen LogP contribution in [0.1, 0.15) is 12.8 Å². The molecule has 6 heteroatoms. The first kappa shape index (κ1) is 8.92. The van der Waals surface area contributed by atoms with E-state index in [2.05, 4.69) is 9.50 Å². The topological polar surface area (TPSA) is 75.6 Å². The molecule has 1 fully saturated rings. The summed E-state index contributed by atoms with van der Waals surface area (Å²) < 4.78 is 32.2. The van der Waals surface area contributed by atoms with Crippen LogP contribution in [0.3, 0.4) is 0 Å². The maximum absolute atomic E-state index is 10.00. The summed E-state index contributed by atoms with van der Waals surface area (Å²) in [5.41, 5.74) is 0. The van der Waals surface area contributed by atoms with E-state index in [4.69, 9.17) is 4.55 Å². The number of rotatable bonds is 5. The zero-order valence-corrected chi connectivity index (χ0v) is 6.80. The van der Waals surface area contributed by atoms with Crippen molar-refractivity contribution in [3.8, 4) is 0 Å². The largest absolute Gasteiger partial charge is 0.397 e. The minimum atomic E-state index is -4.24. The van der Waals surface area contributed by atoms with Gasteiger partial charge in [0, 0.05) is 12.6 Å². The van der Waals surface area contributed by atoms with E-state index in [0.29, 0.717) is 12.6 Å². The molecule has 0 unspecified atom stereocenters. The van der Waals surface area contributed by atoms with Crippen LogP contribution in [-0.4, -0.2) is 32.2 Å². The van der Waals surface area contributed by atoms with Gasteiger partial charge in [-0.1, -0.05) is 0 Å². The predicted molar refractivity (Wildman–Crippen MR) is 38.5 cm³/mol. The van der Waals surface area contributed by atoms with Crippen LogP contribution >= 0.6 is 0 Å². The highest BCUT2D eigenvalue weighted by molar-refractivity contribution is 7.80. The highest BCUT2D eigenvalue weighted by Gasteiger charge is 2.19. The molecule has 1 saturated carbocycles. The Balaban J connectivity index is 1.95. The third-order valence-electron chi connectivity index (χ3n) is 1.34. The molecule has 0 amide bonds. The minimum absolute atomic E-state index is 0.00463. The maximum atomic E-state index is 10.00. The first-order valence-electron chi connectivity index (χ1n) is 3.43. The van der Waals surface area contributed by atoms with Gasteiger partial charge in [0.05, 0.1) is 6.61 Å². The van der Waals surface area contributed by atoms with Crippen molar-refractivity contribution in [2.75, 3.05) is 13.2 Å². The molecule has 0 bridgehead atoms. The van der Waals surface area contributed by atoms with E-state index in [1.54, 1.807) is 0 Å². The summed E-state index contributed by atoms with van der Waals surface area (Å²) in [5, 5.41) is 3.03. The lowest BCUT2D eigenvalue weighted by Gasteiger charge is -2.00. The van der Waals surface area contributed by atoms with Crippen LogP contribution < -0.4 is 5.32 Å². The lowest BCUT2D eigenvalue weighted by Crippen LogP contribution is -2.22. The summed E-state index contributed by atoms with van der Waals surface area (Å²) in [6, 6.07) is 0.528. The average Bonchev–Trinajstić information content (AvgIpc) is 2.60. The molecule has 1 rings (SSSR count). The van der Waals surface area contributed by atoms with Crippen molar-refractivity contribution in [1.29, 1.82) is 0 Å². The summed E-state index contributed by atoms with van der Waals surface area (Å²) in [7, 11) is -4.24. The SMILES string of the molecule is O=S(=O)(O)OCCNC1CC1. The van der Waals surface area contributed by atoms with Crippen molar-refractivity contribution in [2.24, 2.45) is 0 Å². The van der Waals surface area contributed by atoms with Gasteiger partial charge >= 0.3 is 10.4 Å². The standard InChI is InChI=1S/C5H11NO4S/c7-11(8,9)10-4-3-6-5-1-2-5/h5-6H,1-4H2,(H,7,8,9). The summed E-state index contributed by atoms with van der Waals surface area (Å²) >= 11 is 0. The smallest absolute Gasteiger partial charge is 0.312 e. The first-order valence-corrected chi connectivity index (χ1v) is 4.80. The van der Waals surface area contributed by atoms with Crippen LogP contribution in [-0.2, 0) is 14.6 Å². The zero-order valence-electron chi connectivity index (χ0n) is 5.99. The second-order valence-corrected chi connectivity index (χ2v) is 3.57. The molecule has 0 spiro atoms. The lowest BCUT2D eigenvalue weighted by molar-refractivity contribution is 0.267. The molecule has 1 aliphatic carbocycles. The Kier molecular flexibility index (Phi) is 2.83. The lowest BCUT2D eigenvalue weighted by atomic mass is 10.6. The Bertz CT molecular complexity index is 209. The number of hydrogen-bond donors (Lipinski definition) is 2. The molecular formula is C5H11NO4S. The highest BCUT2D eigenvalue weighted by Crippen LogP contribution is 2.17. The van der Waals surface area contributed by atoms with Gasteiger partial charge in [-0.25, -0.2) is 4.18 Å². The summed E-state index contributed by atoms with van der Waals surface area (Å²) in [5.74, 6) is 0. The highest BCUT2D eigenvalue weighted by atomic mass is 32.3. The molecule has 1 aliphatic rings. The predicted octanol–water partition coefficient (Wildman–Crippen LogP) is -0.442. The van der Waals surface area contributed by atoms with Crippen LogP contribution in [0.5, 0.6) is 0 Å². The van der Waals surface area contributed by atoms with E-state index in [-0.39, 0.29) is 6.61 Å². The van der Waals surface area contributed by atoms with Gasteiger partial charge in [-0.2, -0.15) is 8.42 Å². The molecule has 5 nitrogen and oxygen atoms in total. The number of nitrogens with one attached hydrogen (secondary N) is 1. The Hall–Kier alpha value is -0.170. The summed E-state index contributed by atoms with van der Waals surface area (Å²) in [4.78, 5) is 0. The van der Waals surface area contributed by atoms with Gasteiger partial charge in [0.25, 0.3) is 0 Å². The molecule has 66 valence electrons. The van der Waals surface area contributed by atoms with Gasteiger partial charge in [-0.3, -0.25) is 4.55 Å². The molecule has 0 aromatic rings. The van der Waals surface area contributed by atoms with Crippen LogP contribution in [0.25, 0.3) is 0 Å². The fourth-order valence-corrected chi connectivity index (χ4v) is 0.991. The molecule has 0 radical (unpaired) electrons. The van der Waals surface area contributed by atoms with Crippen LogP contribution in [0.2, 0.25) is 0 Å². The van der Waals surface area contributed by atoms with Gasteiger partial charge < -0.3 is 5.32 Å². The maximum Gasteiger partial charge on any atom is 0.397 e. The monoisotopic (exact) mass is 181 g/mol. The second-order valence-electron chi connectivity index (χ2n) is 2.48. The molecule has 0 aromatic heterocycles. The van der Waals surface area contributed by atoms with E-state index in [9.17, 15) is 8.42 Å². The van der Waals surface area contributed by atoms with Crippen molar-refractivity contribution in [3.05, 3.63) is 0 Å². The van der Waals surface area contributed by atoms with Gasteiger partial charge in [0.15, 0.2) is 0 Å². The fraction of sp³-hybridized carbons (Fsp3) is 1.00. The van der Waals surface area contributed by atoms with E-state index < -0.39 is 10.4 Å². The molecule has 0 saturated heterocycles. The van der Waals surface area contributed by atoms with E-state index in [1.807, 2.05) is 0 Å². The van der Waals surface area contributed by atoms with Crippen LogP contribution in [0.4, 0.5) is 0 Å². The summed E-state index contributed by atoms with van der Waals surface area (Å²) in [6.45, 7) is 0.458. The first-order chi connectivity index (χ1) is 5.08. The van der Waals surface area contributed by atoms with Crippen molar-refractivity contribution >= 4 is 10.4 Å². The quantitative estimate of drug-likeness (QED) is 0.444. The zero-order chi connectivity index (χ0) is 8.32. The van der Waals surface area contributed by atoms with E-state index in [1.165, 1.54) is 0 Å².